The molecule has 7 N–H and O–H groups in total. The molecule has 2 amide bonds. The van der Waals surface area contributed by atoms with Crippen molar-refractivity contribution in [2.24, 2.45) is 0 Å². The van der Waals surface area contributed by atoms with Crippen molar-refractivity contribution in [3.8, 4) is 33.4 Å². The highest BCUT2D eigenvalue weighted by Gasteiger charge is 2.31. The van der Waals surface area contributed by atoms with Gasteiger partial charge in [-0.1, -0.05) is 146 Å². The number of alkyl carbamates (subject to hydrolysis) is 2. The molecule has 0 radical (unpaired) electrons. The molecule has 0 bridgehead atoms. The summed E-state index contributed by atoms with van der Waals surface area (Å²) in [6, 6.07) is 49.3. The van der Waals surface area contributed by atoms with E-state index in [0.29, 0.717) is 26.0 Å². The van der Waals surface area contributed by atoms with E-state index in [2.05, 4.69) is 89.2 Å². The molecule has 338 valence electrons. The fraction of sp³-hybridized carbons (Fsp3) is 0.231. The zero-order valence-electron chi connectivity index (χ0n) is 36.2. The van der Waals surface area contributed by atoms with Crippen LogP contribution in [0, 0.1) is 0 Å². The van der Waals surface area contributed by atoms with Crippen LogP contribution in [0.2, 0.25) is 0 Å². The second-order valence-electron chi connectivity index (χ2n) is 15.0. The third kappa shape index (κ3) is 12.3. The summed E-state index contributed by atoms with van der Waals surface area (Å²) in [6.07, 6.45) is -0.434. The number of hydrogen-bond acceptors (Lipinski definition) is 9. The molecule has 0 fully saturated rings. The molecule has 3 aliphatic rings. The first-order valence-corrected chi connectivity index (χ1v) is 21.2. The topological polar surface area (TPSA) is 188 Å². The Bertz CT molecular complexity index is 2390. The lowest BCUT2D eigenvalue weighted by atomic mass is 9.98. The van der Waals surface area contributed by atoms with E-state index in [1.807, 2.05) is 72.8 Å². The lowest BCUT2D eigenvalue weighted by Crippen LogP contribution is -3.00. The number of amides is 2. The van der Waals surface area contributed by atoms with Gasteiger partial charge in [0.25, 0.3) is 0 Å². The van der Waals surface area contributed by atoms with Crippen molar-refractivity contribution in [3.05, 3.63) is 179 Å². The van der Waals surface area contributed by atoms with Gasteiger partial charge in [-0.3, -0.25) is 4.79 Å². The Kier molecular flexibility index (Phi) is 18.8. The van der Waals surface area contributed by atoms with Crippen LogP contribution in [0.15, 0.2) is 146 Å². The van der Waals surface area contributed by atoms with Gasteiger partial charge in [-0.2, -0.15) is 0 Å². The minimum absolute atomic E-state index is 0. The van der Waals surface area contributed by atoms with E-state index < -0.39 is 12.2 Å². The quantitative estimate of drug-likeness (QED) is 0.0732. The highest BCUT2D eigenvalue weighted by atomic mass is 35.5. The Morgan fingerprint density at radius 1 is 0.508 bits per heavy atom. The van der Waals surface area contributed by atoms with Crippen molar-refractivity contribution in [2.45, 2.75) is 24.7 Å². The molecule has 6 aromatic carbocycles. The maximum absolute atomic E-state index is 11.5. The number of benzene rings is 6. The molecule has 0 saturated carbocycles. The number of ether oxygens (including phenoxy) is 3. The molecule has 0 aromatic heterocycles. The Morgan fingerprint density at radius 3 is 1.05 bits per heavy atom. The third-order valence-electron chi connectivity index (χ3n) is 11.0. The number of carbonyl (C=O) groups is 4. The molecule has 13 heteroatoms. The normalized spacial score (nSPS) is 12.1. The van der Waals surface area contributed by atoms with Gasteiger partial charge < -0.3 is 58.0 Å². The maximum Gasteiger partial charge on any atom is 0.407 e. The van der Waals surface area contributed by atoms with Gasteiger partial charge in [-0.25, -0.2) is 9.59 Å². The molecule has 6 aromatic rings. The van der Waals surface area contributed by atoms with Crippen LogP contribution in [0.5, 0.6) is 0 Å². The second-order valence-corrected chi connectivity index (χ2v) is 15.0. The molecule has 65 heavy (non-hydrogen) atoms. The summed E-state index contributed by atoms with van der Waals surface area (Å²) in [5.41, 5.74) is 17.9. The largest absolute Gasteiger partial charge is 1.00 e. The van der Waals surface area contributed by atoms with Gasteiger partial charge in [0.2, 0.25) is 0 Å². The molecule has 0 atom stereocenters. The predicted octanol–water partition coefficient (Wildman–Crippen LogP) is 3.83. The highest BCUT2D eigenvalue weighted by molar-refractivity contribution is 5.81. The van der Waals surface area contributed by atoms with Crippen LogP contribution in [0.25, 0.3) is 33.4 Å². The van der Waals surface area contributed by atoms with Gasteiger partial charge >= 0.3 is 18.2 Å². The summed E-state index contributed by atoms with van der Waals surface area (Å²) in [4.78, 5) is 44.3. The molecule has 0 unspecified atom stereocenters. The Balaban J connectivity index is 0.000000175. The first-order valence-electron chi connectivity index (χ1n) is 21.2. The van der Waals surface area contributed by atoms with Gasteiger partial charge in [-0.05, 0) is 66.8 Å². The predicted molar refractivity (Wildman–Crippen MR) is 244 cm³/mol. The van der Waals surface area contributed by atoms with Gasteiger partial charge in [0.15, 0.2) is 0 Å². The number of aliphatic hydroxyl groups excluding tert-OH is 2. The van der Waals surface area contributed by atoms with Gasteiger partial charge in [0.1, 0.15) is 26.1 Å². The Morgan fingerprint density at radius 2 is 0.785 bits per heavy atom. The fourth-order valence-corrected chi connectivity index (χ4v) is 8.22. The van der Waals surface area contributed by atoms with Gasteiger partial charge in [0, 0.05) is 31.2 Å². The minimum atomic E-state index is -0.566. The van der Waals surface area contributed by atoms with E-state index >= 15 is 0 Å². The summed E-state index contributed by atoms with van der Waals surface area (Å²) in [5, 5.41) is 21.4. The number of quaternary nitrogens is 1. The number of carbonyl (C=O) groups excluding carboxylic acids is 4. The van der Waals surface area contributed by atoms with E-state index in [0.717, 1.165) is 0 Å². The van der Waals surface area contributed by atoms with Crippen molar-refractivity contribution in [3.63, 3.8) is 0 Å². The molecule has 9 rings (SSSR count). The van der Waals surface area contributed by atoms with Crippen LogP contribution >= 0.6 is 0 Å². The van der Waals surface area contributed by atoms with Crippen LogP contribution < -0.4 is 28.8 Å². The van der Waals surface area contributed by atoms with Crippen LogP contribution in [0.4, 0.5) is 9.59 Å². The first-order chi connectivity index (χ1) is 31.3. The molecule has 0 heterocycles. The van der Waals surface area contributed by atoms with E-state index in [4.69, 9.17) is 24.4 Å². The Hall–Kier alpha value is -6.83. The number of hydrogen-bond donors (Lipinski definition) is 5. The smallest absolute Gasteiger partial charge is 0.407 e. The SMILES string of the molecule is CC(=O)OCC1c2ccccc2-c2ccccc21.O=C(NCCO)OCC1c2ccccc2-c2ccccc21.O=CCNC(=O)OCC1c2ccccc2-c2ccccc21.[Cl-].[NH3+]CCO. The fourth-order valence-electron chi connectivity index (χ4n) is 8.22. The minimum Gasteiger partial charge on any atom is -1.00 e. The van der Waals surface area contributed by atoms with Crippen molar-refractivity contribution in [1.82, 2.24) is 10.6 Å². The number of fused-ring (bicyclic) bond motifs is 9. The summed E-state index contributed by atoms with van der Waals surface area (Å²) < 4.78 is 15.7. The van der Waals surface area contributed by atoms with Crippen molar-refractivity contribution in [2.75, 3.05) is 52.7 Å². The van der Waals surface area contributed by atoms with Crippen LogP contribution in [-0.2, 0) is 23.8 Å². The third-order valence-corrected chi connectivity index (χ3v) is 11.0. The molecule has 3 aliphatic carbocycles. The zero-order chi connectivity index (χ0) is 45.3. The van der Waals surface area contributed by atoms with Crippen LogP contribution in [0.1, 0.15) is 58.1 Å². The number of aldehydes is 1. The van der Waals surface area contributed by atoms with Crippen molar-refractivity contribution >= 4 is 24.4 Å². The summed E-state index contributed by atoms with van der Waals surface area (Å²) in [7, 11) is 0. The van der Waals surface area contributed by atoms with Crippen LogP contribution in [0.3, 0.4) is 0 Å². The number of rotatable bonds is 11. The monoisotopic (exact) mass is 899 g/mol. The average molecular weight is 900 g/mol. The number of esters is 1. The molecule has 0 spiro atoms. The van der Waals surface area contributed by atoms with Crippen molar-refractivity contribution in [1.29, 1.82) is 0 Å². The van der Waals surface area contributed by atoms with E-state index in [1.54, 1.807) is 0 Å². The molecule has 0 aliphatic heterocycles. The Labute approximate surface area is 385 Å². The first kappa shape index (κ1) is 49.2. The maximum atomic E-state index is 11.5. The summed E-state index contributed by atoms with van der Waals surface area (Å²) >= 11 is 0. The van der Waals surface area contributed by atoms with Crippen LogP contribution in [-0.4, -0.2) is 87.3 Å². The number of halogens is 1. The van der Waals surface area contributed by atoms with Gasteiger partial charge in [0.05, 0.1) is 26.3 Å². The molecular weight excluding hydrogens is 846 g/mol. The van der Waals surface area contributed by atoms with E-state index in [9.17, 15) is 19.2 Å². The van der Waals surface area contributed by atoms with Crippen molar-refractivity contribution < 1.29 is 61.7 Å². The summed E-state index contributed by atoms with van der Waals surface area (Å²) in [5.74, 6) is 0.0508. The van der Waals surface area contributed by atoms with E-state index in [-0.39, 0.29) is 69.0 Å². The standard InChI is InChI=1S/C17H17NO3.C17H15NO3.C16H14O2.C2H7NO.ClH/c2*19-10-9-18-17(20)21-11-16-14-7-3-1-5-12(14)13-6-2-4-8-15(13)16;1-11(17)18-10-16-14-8-4-2-6-12(14)13-7-3-5-9-15(13)16;3-1-2-4;/h1-8,16,19H,9-11H2,(H,18,20);1-8,10,16H,9,11H2,(H,18,20);2-9,16H,10H2,1H3;4H,1-3H2;1H. The average Bonchev–Trinajstić information content (AvgIpc) is 3.96. The summed E-state index contributed by atoms with van der Waals surface area (Å²) in [6.45, 7) is 3.34. The number of aliphatic hydroxyl groups is 2. The molecule has 0 saturated heterocycles. The lowest BCUT2D eigenvalue weighted by Gasteiger charge is -2.14. The highest BCUT2D eigenvalue weighted by Crippen LogP contribution is 2.46. The van der Waals surface area contributed by atoms with E-state index in [1.165, 1.54) is 73.7 Å². The molecule has 12 nitrogen and oxygen atoms in total. The second kappa shape index (κ2) is 24.9. The molecular formula is C52H54ClN3O9. The number of nitrogens with one attached hydrogen (secondary N) is 2. The van der Waals surface area contributed by atoms with Gasteiger partial charge in [-0.15, -0.1) is 0 Å². The zero-order valence-corrected chi connectivity index (χ0v) is 36.9. The lowest BCUT2D eigenvalue weighted by molar-refractivity contribution is -0.372.